The quantitative estimate of drug-likeness (QED) is 0.615. The number of thioether (sulfide) groups is 1. The molecule has 0 aliphatic heterocycles. The van der Waals surface area contributed by atoms with E-state index in [2.05, 4.69) is 0 Å². The van der Waals surface area contributed by atoms with Crippen LogP contribution < -0.4 is 0 Å². The van der Waals surface area contributed by atoms with Crippen LogP contribution in [-0.2, 0) is 9.53 Å². The molecule has 1 atom stereocenters. The fourth-order valence-electron chi connectivity index (χ4n) is 0.889. The van der Waals surface area contributed by atoms with Crippen molar-refractivity contribution in [3.63, 3.8) is 0 Å². The summed E-state index contributed by atoms with van der Waals surface area (Å²) >= 11 is 1.75. The first-order valence-corrected chi connectivity index (χ1v) is 5.72. The van der Waals surface area contributed by atoms with Gasteiger partial charge >= 0.3 is 0 Å². The summed E-state index contributed by atoms with van der Waals surface area (Å²) in [5.74, 6) is 1.14. The fourth-order valence-corrected chi connectivity index (χ4v) is 1.34. The van der Waals surface area contributed by atoms with Gasteiger partial charge in [0, 0.05) is 6.61 Å². The van der Waals surface area contributed by atoms with Crippen LogP contribution in [0.2, 0.25) is 0 Å². The standard InChI is InChI=1S/C9H18O2S/c1-4-6-11-9(8(2)10)5-7-12-3/h9H,4-7H2,1-3H3. The van der Waals surface area contributed by atoms with E-state index in [-0.39, 0.29) is 11.9 Å². The van der Waals surface area contributed by atoms with Crippen molar-refractivity contribution in [1.82, 2.24) is 0 Å². The molecule has 0 heterocycles. The van der Waals surface area contributed by atoms with Crippen LogP contribution >= 0.6 is 11.8 Å². The van der Waals surface area contributed by atoms with Gasteiger partial charge in [-0.2, -0.15) is 11.8 Å². The van der Waals surface area contributed by atoms with Gasteiger partial charge in [0.1, 0.15) is 6.10 Å². The summed E-state index contributed by atoms with van der Waals surface area (Å²) in [5, 5.41) is 0. The number of carbonyl (C=O) groups is 1. The van der Waals surface area contributed by atoms with Crippen LogP contribution in [0.25, 0.3) is 0 Å². The maximum absolute atomic E-state index is 11.0. The van der Waals surface area contributed by atoms with Crippen molar-refractivity contribution in [2.24, 2.45) is 0 Å². The molecule has 0 aromatic carbocycles. The molecule has 0 saturated heterocycles. The molecule has 0 radical (unpaired) electrons. The average Bonchev–Trinajstić information content (AvgIpc) is 2.04. The molecule has 0 aromatic rings. The van der Waals surface area contributed by atoms with E-state index < -0.39 is 0 Å². The molecular weight excluding hydrogens is 172 g/mol. The average molecular weight is 190 g/mol. The minimum Gasteiger partial charge on any atom is -0.370 e. The van der Waals surface area contributed by atoms with Crippen LogP contribution in [0.15, 0.2) is 0 Å². The summed E-state index contributed by atoms with van der Waals surface area (Å²) in [4.78, 5) is 11.0. The molecule has 0 spiro atoms. The van der Waals surface area contributed by atoms with Crippen LogP contribution in [0.1, 0.15) is 26.7 Å². The maximum Gasteiger partial charge on any atom is 0.158 e. The van der Waals surface area contributed by atoms with E-state index >= 15 is 0 Å². The zero-order valence-corrected chi connectivity index (χ0v) is 8.95. The zero-order chi connectivity index (χ0) is 9.40. The monoisotopic (exact) mass is 190 g/mol. The molecule has 0 fully saturated rings. The van der Waals surface area contributed by atoms with E-state index in [9.17, 15) is 4.79 Å². The highest BCUT2D eigenvalue weighted by molar-refractivity contribution is 7.98. The molecular formula is C9H18O2S. The second-order valence-corrected chi connectivity index (χ2v) is 3.74. The molecule has 0 aliphatic carbocycles. The first-order valence-electron chi connectivity index (χ1n) is 4.33. The summed E-state index contributed by atoms with van der Waals surface area (Å²) in [5.41, 5.74) is 0. The third-order valence-corrected chi connectivity index (χ3v) is 2.20. The van der Waals surface area contributed by atoms with Gasteiger partial charge in [0.2, 0.25) is 0 Å². The number of ketones is 1. The number of rotatable bonds is 7. The largest absolute Gasteiger partial charge is 0.370 e. The lowest BCUT2D eigenvalue weighted by Crippen LogP contribution is -2.22. The van der Waals surface area contributed by atoms with Gasteiger partial charge in [-0.1, -0.05) is 6.92 Å². The molecule has 12 heavy (non-hydrogen) atoms. The number of ether oxygens (including phenoxy) is 1. The molecule has 0 aromatic heterocycles. The van der Waals surface area contributed by atoms with Crippen LogP contribution in [-0.4, -0.2) is 30.5 Å². The van der Waals surface area contributed by atoms with Crippen molar-refractivity contribution in [1.29, 1.82) is 0 Å². The first-order chi connectivity index (χ1) is 5.72. The lowest BCUT2D eigenvalue weighted by Gasteiger charge is -2.13. The van der Waals surface area contributed by atoms with Crippen molar-refractivity contribution in [3.05, 3.63) is 0 Å². The second kappa shape index (κ2) is 7.62. The molecule has 0 amide bonds. The minimum absolute atomic E-state index is 0.150. The van der Waals surface area contributed by atoms with Gasteiger partial charge in [-0.15, -0.1) is 0 Å². The smallest absolute Gasteiger partial charge is 0.158 e. The van der Waals surface area contributed by atoms with Crippen LogP contribution in [0.4, 0.5) is 0 Å². The van der Waals surface area contributed by atoms with Gasteiger partial charge in [0.15, 0.2) is 5.78 Å². The van der Waals surface area contributed by atoms with Gasteiger partial charge in [-0.25, -0.2) is 0 Å². The summed E-state index contributed by atoms with van der Waals surface area (Å²) in [6, 6.07) is 0. The highest BCUT2D eigenvalue weighted by Crippen LogP contribution is 2.05. The zero-order valence-electron chi connectivity index (χ0n) is 8.13. The van der Waals surface area contributed by atoms with E-state index in [0.717, 1.165) is 18.6 Å². The summed E-state index contributed by atoms with van der Waals surface area (Å²) in [7, 11) is 0. The van der Waals surface area contributed by atoms with Crippen molar-refractivity contribution >= 4 is 17.5 Å². The van der Waals surface area contributed by atoms with E-state index in [4.69, 9.17) is 4.74 Å². The van der Waals surface area contributed by atoms with E-state index in [0.29, 0.717) is 6.61 Å². The Morgan fingerprint density at radius 2 is 2.25 bits per heavy atom. The van der Waals surface area contributed by atoms with Gasteiger partial charge in [0.25, 0.3) is 0 Å². The predicted octanol–water partition coefficient (Wildman–Crippen LogP) is 2.12. The molecule has 0 saturated carbocycles. The highest BCUT2D eigenvalue weighted by atomic mass is 32.2. The third-order valence-electron chi connectivity index (χ3n) is 1.56. The molecule has 1 unspecified atom stereocenters. The van der Waals surface area contributed by atoms with E-state index in [1.54, 1.807) is 18.7 Å². The van der Waals surface area contributed by atoms with Crippen molar-refractivity contribution in [2.75, 3.05) is 18.6 Å². The lowest BCUT2D eigenvalue weighted by molar-refractivity contribution is -0.128. The van der Waals surface area contributed by atoms with Crippen molar-refractivity contribution in [3.8, 4) is 0 Å². The van der Waals surface area contributed by atoms with Crippen molar-refractivity contribution < 1.29 is 9.53 Å². The number of carbonyl (C=O) groups excluding carboxylic acids is 1. The molecule has 3 heteroatoms. The van der Waals surface area contributed by atoms with Gasteiger partial charge in [-0.3, -0.25) is 4.79 Å². The predicted molar refractivity (Wildman–Crippen MR) is 53.7 cm³/mol. The Morgan fingerprint density at radius 3 is 2.67 bits per heavy atom. The van der Waals surface area contributed by atoms with Crippen LogP contribution in [0.5, 0.6) is 0 Å². The Balaban J connectivity index is 3.62. The van der Waals surface area contributed by atoms with Crippen molar-refractivity contribution in [2.45, 2.75) is 32.8 Å². The topological polar surface area (TPSA) is 26.3 Å². The molecule has 2 nitrogen and oxygen atoms in total. The first kappa shape index (κ1) is 12.0. The Bertz CT molecular complexity index is 118. The fraction of sp³-hybridized carbons (Fsp3) is 0.889. The Morgan fingerprint density at radius 1 is 1.58 bits per heavy atom. The lowest BCUT2D eigenvalue weighted by atomic mass is 10.2. The normalized spacial score (nSPS) is 12.9. The number of Topliss-reactive ketones (excluding diaryl/α,β-unsaturated/α-hetero) is 1. The molecule has 72 valence electrons. The Labute approximate surface area is 79.1 Å². The van der Waals surface area contributed by atoms with Gasteiger partial charge in [0.05, 0.1) is 0 Å². The summed E-state index contributed by atoms with van der Waals surface area (Å²) in [6.45, 7) is 4.34. The number of hydrogen-bond acceptors (Lipinski definition) is 3. The second-order valence-electron chi connectivity index (χ2n) is 2.75. The molecule has 0 rings (SSSR count). The van der Waals surface area contributed by atoms with Crippen LogP contribution in [0.3, 0.4) is 0 Å². The Hall–Kier alpha value is -0.0200. The molecule has 0 bridgehead atoms. The van der Waals surface area contributed by atoms with Gasteiger partial charge in [-0.05, 0) is 31.8 Å². The summed E-state index contributed by atoms with van der Waals surface area (Å²) in [6.07, 6.45) is 3.69. The SMILES string of the molecule is CCCOC(CCSC)C(C)=O. The van der Waals surface area contributed by atoms with E-state index in [1.165, 1.54) is 0 Å². The van der Waals surface area contributed by atoms with Gasteiger partial charge < -0.3 is 4.74 Å². The molecule has 0 N–H and O–H groups in total. The minimum atomic E-state index is -0.169. The van der Waals surface area contributed by atoms with Crippen LogP contribution in [0, 0.1) is 0 Å². The highest BCUT2D eigenvalue weighted by Gasteiger charge is 2.12. The summed E-state index contributed by atoms with van der Waals surface area (Å²) < 4.78 is 5.39. The number of hydrogen-bond donors (Lipinski definition) is 0. The molecule has 0 aliphatic rings. The third kappa shape index (κ3) is 5.61. The maximum atomic E-state index is 11.0. The Kier molecular flexibility index (Phi) is 7.61. The van der Waals surface area contributed by atoms with E-state index in [1.807, 2.05) is 13.2 Å².